The summed E-state index contributed by atoms with van der Waals surface area (Å²) in [5, 5.41) is 11.2. The number of halogens is 1. The van der Waals surface area contributed by atoms with Crippen molar-refractivity contribution in [3.8, 4) is 0 Å². The van der Waals surface area contributed by atoms with Crippen LogP contribution < -0.4 is 0 Å². The average Bonchev–Trinajstić information content (AvgIpc) is 2.75. The molecule has 4 nitrogen and oxygen atoms in total. The first-order chi connectivity index (χ1) is 9.56. The molecule has 1 aliphatic rings. The van der Waals surface area contributed by atoms with Gasteiger partial charge < -0.3 is 14.4 Å². The number of aliphatic hydroxyl groups excluding tert-OH is 1. The molecule has 0 spiro atoms. The van der Waals surface area contributed by atoms with Crippen LogP contribution in [0.5, 0.6) is 0 Å². The number of aliphatic hydroxyl groups is 1. The van der Waals surface area contributed by atoms with Gasteiger partial charge in [-0.15, -0.1) is 0 Å². The van der Waals surface area contributed by atoms with Crippen molar-refractivity contribution < 1.29 is 14.3 Å². The summed E-state index contributed by atoms with van der Waals surface area (Å²) in [6.07, 6.45) is 1.13. The summed E-state index contributed by atoms with van der Waals surface area (Å²) in [6, 6.07) is 5.32. The van der Waals surface area contributed by atoms with Gasteiger partial charge >= 0.3 is 0 Å². The molecule has 1 fully saturated rings. The van der Waals surface area contributed by atoms with Crippen LogP contribution in [0.4, 0.5) is 0 Å². The van der Waals surface area contributed by atoms with Crippen molar-refractivity contribution in [2.75, 3.05) is 13.1 Å². The molecule has 1 amide bonds. The van der Waals surface area contributed by atoms with Crippen molar-refractivity contribution in [3.63, 3.8) is 0 Å². The standard InChI is InChI=1S/C15H16ClNO3/c1-9-12-7-10(16)4-5-13(12)20-14(9)15(19)17-6-2-3-11(18)8-17/h4-5,7,11,18H,2-3,6,8H2,1H3/t11-/m0/s1. The minimum Gasteiger partial charge on any atom is -0.451 e. The Labute approximate surface area is 121 Å². The number of hydrogen-bond acceptors (Lipinski definition) is 3. The number of piperidine rings is 1. The van der Waals surface area contributed by atoms with Crippen LogP contribution in [0, 0.1) is 6.92 Å². The van der Waals surface area contributed by atoms with Crippen molar-refractivity contribution in [2.24, 2.45) is 0 Å². The van der Waals surface area contributed by atoms with E-state index in [1.807, 2.05) is 6.92 Å². The molecular formula is C15H16ClNO3. The van der Waals surface area contributed by atoms with Crippen LogP contribution in [0.25, 0.3) is 11.0 Å². The van der Waals surface area contributed by atoms with Gasteiger partial charge in [0.15, 0.2) is 5.76 Å². The smallest absolute Gasteiger partial charge is 0.289 e. The average molecular weight is 294 g/mol. The number of carbonyl (C=O) groups is 1. The van der Waals surface area contributed by atoms with Gasteiger partial charge in [0.25, 0.3) is 5.91 Å². The van der Waals surface area contributed by atoms with Crippen molar-refractivity contribution in [1.29, 1.82) is 0 Å². The number of carbonyl (C=O) groups excluding carboxylic acids is 1. The fraction of sp³-hybridized carbons (Fsp3) is 0.400. The molecule has 1 saturated heterocycles. The van der Waals surface area contributed by atoms with E-state index in [4.69, 9.17) is 16.0 Å². The molecule has 106 valence electrons. The molecule has 1 N–H and O–H groups in total. The van der Waals surface area contributed by atoms with Gasteiger partial charge in [-0.25, -0.2) is 0 Å². The van der Waals surface area contributed by atoms with Crippen LogP contribution in [0.3, 0.4) is 0 Å². The Morgan fingerprint density at radius 2 is 2.30 bits per heavy atom. The number of amides is 1. The lowest BCUT2D eigenvalue weighted by Crippen LogP contribution is -2.42. The van der Waals surface area contributed by atoms with Crippen LogP contribution >= 0.6 is 11.6 Å². The zero-order chi connectivity index (χ0) is 14.3. The number of nitrogens with zero attached hydrogens (tertiary/aromatic N) is 1. The second-order valence-corrected chi connectivity index (χ2v) is 5.68. The van der Waals surface area contributed by atoms with Gasteiger partial charge in [-0.3, -0.25) is 4.79 Å². The highest BCUT2D eigenvalue weighted by Crippen LogP contribution is 2.29. The van der Waals surface area contributed by atoms with Crippen LogP contribution in [-0.2, 0) is 0 Å². The lowest BCUT2D eigenvalue weighted by atomic mass is 10.1. The molecule has 0 radical (unpaired) electrons. The first kappa shape index (κ1) is 13.5. The highest BCUT2D eigenvalue weighted by atomic mass is 35.5. The fourth-order valence-electron chi connectivity index (χ4n) is 2.68. The van der Waals surface area contributed by atoms with Crippen molar-refractivity contribution in [3.05, 3.63) is 34.5 Å². The molecule has 2 heterocycles. The van der Waals surface area contributed by atoms with Crippen LogP contribution in [0.15, 0.2) is 22.6 Å². The molecule has 0 unspecified atom stereocenters. The second kappa shape index (κ2) is 5.11. The molecule has 2 aromatic rings. The lowest BCUT2D eigenvalue weighted by molar-refractivity contribution is 0.0449. The topological polar surface area (TPSA) is 53.7 Å². The fourth-order valence-corrected chi connectivity index (χ4v) is 2.85. The van der Waals surface area contributed by atoms with Gasteiger partial charge in [0.2, 0.25) is 0 Å². The van der Waals surface area contributed by atoms with E-state index < -0.39 is 6.10 Å². The number of aryl methyl sites for hydroxylation is 1. The third-order valence-electron chi connectivity index (χ3n) is 3.78. The Kier molecular flexibility index (Phi) is 3.44. The van der Waals surface area contributed by atoms with E-state index in [0.717, 1.165) is 23.8 Å². The highest BCUT2D eigenvalue weighted by molar-refractivity contribution is 6.31. The number of benzene rings is 1. The predicted octanol–water partition coefficient (Wildman–Crippen LogP) is 2.99. The minimum atomic E-state index is -0.438. The van der Waals surface area contributed by atoms with Crippen molar-refractivity contribution in [1.82, 2.24) is 4.90 Å². The molecule has 1 aromatic carbocycles. The van der Waals surface area contributed by atoms with Gasteiger partial charge in [0, 0.05) is 29.1 Å². The van der Waals surface area contributed by atoms with E-state index in [1.54, 1.807) is 23.1 Å². The van der Waals surface area contributed by atoms with E-state index in [2.05, 4.69) is 0 Å². The van der Waals surface area contributed by atoms with Crippen LogP contribution in [0.1, 0.15) is 29.0 Å². The Morgan fingerprint density at radius 1 is 1.50 bits per heavy atom. The van der Waals surface area contributed by atoms with Crippen molar-refractivity contribution in [2.45, 2.75) is 25.9 Å². The first-order valence-electron chi connectivity index (χ1n) is 6.72. The molecule has 5 heteroatoms. The van der Waals surface area contributed by atoms with E-state index in [0.29, 0.717) is 29.5 Å². The summed E-state index contributed by atoms with van der Waals surface area (Å²) in [4.78, 5) is 14.2. The Bertz CT molecular complexity index is 664. The Morgan fingerprint density at radius 3 is 3.05 bits per heavy atom. The summed E-state index contributed by atoms with van der Waals surface area (Å²) >= 11 is 5.98. The van der Waals surface area contributed by atoms with Gasteiger partial charge in [0.1, 0.15) is 5.58 Å². The van der Waals surface area contributed by atoms with Crippen LogP contribution in [0.2, 0.25) is 5.02 Å². The van der Waals surface area contributed by atoms with Crippen molar-refractivity contribution >= 4 is 28.5 Å². The maximum absolute atomic E-state index is 12.5. The lowest BCUT2D eigenvalue weighted by Gasteiger charge is -2.29. The summed E-state index contributed by atoms with van der Waals surface area (Å²) < 4.78 is 5.67. The van der Waals surface area contributed by atoms with Crippen LogP contribution in [-0.4, -0.2) is 35.1 Å². The van der Waals surface area contributed by atoms with Gasteiger partial charge in [-0.2, -0.15) is 0 Å². The highest BCUT2D eigenvalue weighted by Gasteiger charge is 2.27. The summed E-state index contributed by atoms with van der Waals surface area (Å²) in [7, 11) is 0. The van der Waals surface area contributed by atoms with E-state index in [9.17, 15) is 9.90 Å². The minimum absolute atomic E-state index is 0.159. The second-order valence-electron chi connectivity index (χ2n) is 5.24. The first-order valence-corrected chi connectivity index (χ1v) is 7.10. The number of rotatable bonds is 1. The summed E-state index contributed by atoms with van der Waals surface area (Å²) in [5.74, 6) is 0.185. The van der Waals surface area contributed by atoms with Gasteiger partial charge in [0.05, 0.1) is 6.10 Å². The van der Waals surface area contributed by atoms with Gasteiger partial charge in [-0.1, -0.05) is 11.6 Å². The number of fused-ring (bicyclic) bond motifs is 1. The Hall–Kier alpha value is -1.52. The predicted molar refractivity (Wildman–Crippen MR) is 77.1 cm³/mol. The van der Waals surface area contributed by atoms with E-state index in [1.165, 1.54) is 0 Å². The third-order valence-corrected chi connectivity index (χ3v) is 4.01. The molecule has 0 aliphatic carbocycles. The number of β-amino-alcohol motifs (C(OH)–C–C–N with tert-alkyl or cyclic N) is 1. The molecule has 0 saturated carbocycles. The zero-order valence-corrected chi connectivity index (χ0v) is 12.0. The molecule has 20 heavy (non-hydrogen) atoms. The van der Waals surface area contributed by atoms with E-state index >= 15 is 0 Å². The largest absolute Gasteiger partial charge is 0.451 e. The van der Waals surface area contributed by atoms with Gasteiger partial charge in [-0.05, 0) is 38.0 Å². The third kappa shape index (κ3) is 2.30. The SMILES string of the molecule is Cc1c(C(=O)N2CCC[C@H](O)C2)oc2ccc(Cl)cc12. The number of likely N-dealkylation sites (tertiary alicyclic amines) is 1. The zero-order valence-electron chi connectivity index (χ0n) is 11.2. The quantitative estimate of drug-likeness (QED) is 0.879. The molecule has 1 atom stereocenters. The molecule has 3 rings (SSSR count). The normalized spacial score (nSPS) is 19.6. The molecule has 1 aliphatic heterocycles. The monoisotopic (exact) mass is 293 g/mol. The summed E-state index contributed by atoms with van der Waals surface area (Å²) in [6.45, 7) is 2.89. The molecule has 1 aromatic heterocycles. The number of hydrogen-bond donors (Lipinski definition) is 1. The Balaban J connectivity index is 1.97. The maximum atomic E-state index is 12.5. The molecule has 0 bridgehead atoms. The van der Waals surface area contributed by atoms with E-state index in [-0.39, 0.29) is 5.91 Å². The number of furan rings is 1. The summed E-state index contributed by atoms with van der Waals surface area (Å²) in [5.41, 5.74) is 1.46. The maximum Gasteiger partial charge on any atom is 0.289 e. The molecular weight excluding hydrogens is 278 g/mol.